The van der Waals surface area contributed by atoms with Crippen molar-refractivity contribution in [2.24, 2.45) is 0 Å². The number of aliphatic hydroxyl groups excluding tert-OH is 2. The Kier molecular flexibility index (Phi) is 4.04. The Morgan fingerprint density at radius 3 is 2.47 bits per heavy atom. The minimum atomic E-state index is -1.09. The molecule has 0 radical (unpaired) electrons. The maximum atomic E-state index is 10.9. The first-order valence-corrected chi connectivity index (χ1v) is 4.79. The Labute approximate surface area is 88.2 Å². The topological polar surface area (TPSA) is 88.0 Å². The highest BCUT2D eigenvalue weighted by atomic mass is 16.7. The quantitative estimate of drug-likeness (QED) is 0.532. The zero-order valence-corrected chi connectivity index (χ0v) is 9.01. The molecular formula is C9H17NO5. The highest BCUT2D eigenvalue weighted by molar-refractivity contribution is 5.73. The summed E-state index contributed by atoms with van der Waals surface area (Å²) in [5.74, 6) is -0.313. The molecule has 6 heteroatoms. The zero-order chi connectivity index (χ0) is 11.6. The second-order valence-corrected chi connectivity index (χ2v) is 3.65. The number of nitrogens with one attached hydrogen (secondary N) is 1. The minimum Gasteiger partial charge on any atom is -0.388 e. The van der Waals surface area contributed by atoms with Crippen molar-refractivity contribution < 1.29 is 24.5 Å². The van der Waals surface area contributed by atoms with E-state index in [0.29, 0.717) is 0 Å². The number of ether oxygens (including phenoxy) is 2. The zero-order valence-electron chi connectivity index (χ0n) is 9.01. The first-order chi connectivity index (χ1) is 6.97. The Hall–Kier alpha value is -0.690. The molecule has 3 N–H and O–H groups in total. The highest BCUT2D eigenvalue weighted by Gasteiger charge is 2.43. The van der Waals surface area contributed by atoms with Crippen molar-refractivity contribution >= 4 is 5.91 Å². The lowest BCUT2D eigenvalue weighted by atomic mass is 9.97. The van der Waals surface area contributed by atoms with E-state index in [0.717, 1.165) is 0 Å². The van der Waals surface area contributed by atoms with Crippen LogP contribution >= 0.6 is 0 Å². The van der Waals surface area contributed by atoms with Crippen molar-refractivity contribution in [3.8, 4) is 0 Å². The smallest absolute Gasteiger partial charge is 0.217 e. The van der Waals surface area contributed by atoms with E-state index in [9.17, 15) is 15.0 Å². The Bertz CT molecular complexity index is 233. The van der Waals surface area contributed by atoms with E-state index in [1.54, 1.807) is 6.92 Å². The molecule has 5 atom stereocenters. The van der Waals surface area contributed by atoms with Gasteiger partial charge in [0.05, 0.1) is 6.10 Å². The van der Waals surface area contributed by atoms with Crippen LogP contribution in [0.3, 0.4) is 0 Å². The van der Waals surface area contributed by atoms with Crippen molar-refractivity contribution in [1.29, 1.82) is 0 Å². The highest BCUT2D eigenvalue weighted by Crippen LogP contribution is 2.21. The number of carbonyl (C=O) groups is 1. The molecule has 1 aliphatic rings. The molecule has 1 rings (SSSR count). The molecule has 15 heavy (non-hydrogen) atoms. The lowest BCUT2D eigenvalue weighted by molar-refractivity contribution is -0.252. The van der Waals surface area contributed by atoms with Crippen LogP contribution in [0.4, 0.5) is 0 Å². The molecule has 0 aromatic heterocycles. The van der Waals surface area contributed by atoms with Gasteiger partial charge in [-0.05, 0) is 6.92 Å². The van der Waals surface area contributed by atoms with Gasteiger partial charge in [0.25, 0.3) is 0 Å². The summed E-state index contributed by atoms with van der Waals surface area (Å²) in [6.45, 7) is 2.95. The molecule has 0 spiro atoms. The van der Waals surface area contributed by atoms with Crippen LogP contribution in [0.25, 0.3) is 0 Å². The van der Waals surface area contributed by atoms with Crippen molar-refractivity contribution in [3.05, 3.63) is 0 Å². The summed E-state index contributed by atoms with van der Waals surface area (Å²) in [7, 11) is 1.41. The van der Waals surface area contributed by atoms with Crippen LogP contribution in [0.5, 0.6) is 0 Å². The molecule has 0 saturated carbocycles. The first-order valence-electron chi connectivity index (χ1n) is 4.79. The maximum absolute atomic E-state index is 10.9. The summed E-state index contributed by atoms with van der Waals surface area (Å²) < 4.78 is 10.3. The molecule has 1 heterocycles. The second-order valence-electron chi connectivity index (χ2n) is 3.65. The fourth-order valence-electron chi connectivity index (χ4n) is 1.62. The molecule has 1 fully saturated rings. The minimum absolute atomic E-state index is 0.313. The number of hydrogen-bond donors (Lipinski definition) is 3. The number of carbonyl (C=O) groups excluding carboxylic acids is 1. The van der Waals surface area contributed by atoms with Crippen LogP contribution in [-0.2, 0) is 14.3 Å². The number of hydrogen-bond acceptors (Lipinski definition) is 5. The van der Waals surface area contributed by atoms with Crippen LogP contribution in [-0.4, -0.2) is 53.9 Å². The summed E-state index contributed by atoms with van der Waals surface area (Å²) in [6, 6.07) is -0.751. The third kappa shape index (κ3) is 2.66. The molecule has 1 aliphatic heterocycles. The predicted octanol–water partition coefficient (Wildman–Crippen LogP) is -1.40. The summed E-state index contributed by atoms with van der Waals surface area (Å²) in [5, 5.41) is 21.8. The summed E-state index contributed by atoms with van der Waals surface area (Å²) >= 11 is 0. The normalized spacial score (nSPS) is 41.3. The van der Waals surface area contributed by atoms with E-state index in [2.05, 4.69) is 5.32 Å². The fourth-order valence-corrected chi connectivity index (χ4v) is 1.62. The Morgan fingerprint density at radius 1 is 1.40 bits per heavy atom. The van der Waals surface area contributed by atoms with Crippen molar-refractivity contribution in [1.82, 2.24) is 5.32 Å². The van der Waals surface area contributed by atoms with Crippen LogP contribution in [0.1, 0.15) is 13.8 Å². The lowest BCUT2D eigenvalue weighted by Gasteiger charge is -2.41. The van der Waals surface area contributed by atoms with Gasteiger partial charge in [-0.2, -0.15) is 0 Å². The fraction of sp³-hybridized carbons (Fsp3) is 0.889. The molecule has 0 aromatic carbocycles. The molecule has 88 valence electrons. The average Bonchev–Trinajstić information content (AvgIpc) is 2.18. The first kappa shape index (κ1) is 12.4. The van der Waals surface area contributed by atoms with Gasteiger partial charge < -0.3 is 25.0 Å². The van der Waals surface area contributed by atoms with Gasteiger partial charge >= 0.3 is 0 Å². The SMILES string of the molecule is CO[C@@H]1O[C@H](C)[C@H](O)[C@H](O)[C@H]1NC(C)=O. The second kappa shape index (κ2) is 4.89. The van der Waals surface area contributed by atoms with E-state index in [1.807, 2.05) is 0 Å². The predicted molar refractivity (Wildman–Crippen MR) is 51.0 cm³/mol. The van der Waals surface area contributed by atoms with Gasteiger partial charge in [-0.15, -0.1) is 0 Å². The number of amides is 1. The summed E-state index contributed by atoms with van der Waals surface area (Å²) in [6.07, 6.45) is -3.41. The van der Waals surface area contributed by atoms with Gasteiger partial charge in [0.15, 0.2) is 6.29 Å². The molecule has 0 aromatic rings. The van der Waals surface area contributed by atoms with Gasteiger partial charge in [-0.25, -0.2) is 0 Å². The molecule has 6 nitrogen and oxygen atoms in total. The van der Waals surface area contributed by atoms with E-state index in [4.69, 9.17) is 9.47 Å². The molecule has 0 unspecified atom stereocenters. The number of methoxy groups -OCH3 is 1. The van der Waals surface area contributed by atoms with Crippen LogP contribution in [0.15, 0.2) is 0 Å². The largest absolute Gasteiger partial charge is 0.388 e. The average molecular weight is 219 g/mol. The summed E-state index contributed by atoms with van der Waals surface area (Å²) in [5.41, 5.74) is 0. The van der Waals surface area contributed by atoms with Crippen molar-refractivity contribution in [3.63, 3.8) is 0 Å². The Morgan fingerprint density at radius 2 is 2.00 bits per heavy atom. The summed E-state index contributed by atoms with van der Waals surface area (Å²) in [4.78, 5) is 10.9. The Balaban J connectivity index is 2.75. The van der Waals surface area contributed by atoms with Gasteiger partial charge in [-0.1, -0.05) is 0 Å². The molecule has 0 bridgehead atoms. The standard InChI is InChI=1S/C9H17NO5/c1-4-7(12)8(13)6(10-5(2)11)9(14-3)15-4/h4,6-9,12-13H,1-3H3,(H,10,11)/t4-,6-,7+,8-,9-/m1/s1. The van der Waals surface area contributed by atoms with E-state index >= 15 is 0 Å². The molecule has 1 saturated heterocycles. The van der Waals surface area contributed by atoms with Gasteiger partial charge in [0, 0.05) is 14.0 Å². The third-order valence-corrected chi connectivity index (χ3v) is 2.44. The van der Waals surface area contributed by atoms with E-state index in [-0.39, 0.29) is 5.91 Å². The number of rotatable bonds is 2. The van der Waals surface area contributed by atoms with Gasteiger partial charge in [0.2, 0.25) is 5.91 Å². The monoisotopic (exact) mass is 219 g/mol. The van der Waals surface area contributed by atoms with Crippen LogP contribution in [0, 0.1) is 0 Å². The molecular weight excluding hydrogens is 202 g/mol. The van der Waals surface area contributed by atoms with Crippen molar-refractivity contribution in [2.75, 3.05) is 7.11 Å². The maximum Gasteiger partial charge on any atom is 0.217 e. The van der Waals surface area contributed by atoms with Gasteiger partial charge in [-0.3, -0.25) is 4.79 Å². The van der Waals surface area contributed by atoms with E-state index < -0.39 is 30.6 Å². The third-order valence-electron chi connectivity index (χ3n) is 2.44. The van der Waals surface area contributed by atoms with E-state index in [1.165, 1.54) is 14.0 Å². The van der Waals surface area contributed by atoms with Crippen LogP contribution in [0.2, 0.25) is 0 Å². The van der Waals surface area contributed by atoms with Crippen molar-refractivity contribution in [2.45, 2.75) is 44.5 Å². The van der Waals surface area contributed by atoms with Gasteiger partial charge in [0.1, 0.15) is 18.2 Å². The van der Waals surface area contributed by atoms with Crippen LogP contribution < -0.4 is 5.32 Å². The molecule has 0 aliphatic carbocycles. The lowest BCUT2D eigenvalue weighted by Crippen LogP contribution is -2.63. The molecule has 1 amide bonds. The number of aliphatic hydroxyl groups is 2.